The lowest BCUT2D eigenvalue weighted by Gasteiger charge is -2.00. The van der Waals surface area contributed by atoms with Gasteiger partial charge in [-0.1, -0.05) is 12.1 Å². The van der Waals surface area contributed by atoms with Crippen molar-refractivity contribution < 1.29 is 4.43 Å². The summed E-state index contributed by atoms with van der Waals surface area (Å²) in [4.78, 5) is 0. The number of benzene rings is 1. The lowest BCUT2D eigenvalue weighted by atomic mass is 10.3. The minimum atomic E-state index is 0.745. The minimum absolute atomic E-state index is 0.745. The zero-order chi connectivity index (χ0) is 6.69. The molecule has 48 valence electrons. The van der Waals surface area contributed by atoms with Crippen LogP contribution in [0.2, 0.25) is 0 Å². The highest BCUT2D eigenvalue weighted by Gasteiger charge is 1.92. The van der Waals surface area contributed by atoms with Gasteiger partial charge in [-0.3, -0.25) is 0 Å². The summed E-state index contributed by atoms with van der Waals surface area (Å²) in [7, 11) is 0.745. The van der Waals surface area contributed by atoms with Gasteiger partial charge < -0.3 is 4.43 Å². The monoisotopic (exact) mass is 202 g/mol. The molecule has 0 aliphatic rings. The van der Waals surface area contributed by atoms with E-state index >= 15 is 0 Å². The molecule has 0 N–H and O–H groups in total. The molecule has 0 atom stereocenters. The maximum atomic E-state index is 5.14. The molecule has 0 spiro atoms. The van der Waals surface area contributed by atoms with Gasteiger partial charge in [0, 0.05) is 0 Å². The van der Waals surface area contributed by atoms with Crippen LogP contribution in [-0.2, 0) is 0 Å². The summed E-state index contributed by atoms with van der Waals surface area (Å²) < 4.78 is 6.16. The van der Waals surface area contributed by atoms with Gasteiger partial charge in [-0.15, -0.1) is 0 Å². The van der Waals surface area contributed by atoms with Gasteiger partial charge in [-0.25, -0.2) is 0 Å². The SMILES string of the molecule is [SiH3]Oc1ccccc1Br. The van der Waals surface area contributed by atoms with E-state index in [4.69, 9.17) is 4.43 Å². The van der Waals surface area contributed by atoms with Crippen LogP contribution in [0.1, 0.15) is 0 Å². The van der Waals surface area contributed by atoms with Crippen LogP contribution >= 0.6 is 15.9 Å². The number of rotatable bonds is 1. The van der Waals surface area contributed by atoms with Crippen molar-refractivity contribution in [1.29, 1.82) is 0 Å². The molecule has 1 aromatic rings. The molecule has 0 saturated carbocycles. The highest BCUT2D eigenvalue weighted by Crippen LogP contribution is 2.22. The van der Waals surface area contributed by atoms with Gasteiger partial charge in [0.05, 0.1) is 4.47 Å². The van der Waals surface area contributed by atoms with Crippen LogP contribution in [0, 0.1) is 0 Å². The zero-order valence-corrected chi connectivity index (χ0v) is 8.68. The molecule has 3 heteroatoms. The fourth-order valence-corrected chi connectivity index (χ4v) is 1.71. The van der Waals surface area contributed by atoms with E-state index in [0.29, 0.717) is 0 Å². The summed E-state index contributed by atoms with van der Waals surface area (Å²) in [6, 6.07) is 7.83. The molecule has 0 unspecified atom stereocenters. The lowest BCUT2D eigenvalue weighted by Crippen LogP contribution is -1.84. The predicted octanol–water partition coefficient (Wildman–Crippen LogP) is 1.11. The molecule has 0 saturated heterocycles. The topological polar surface area (TPSA) is 9.23 Å². The summed E-state index contributed by atoms with van der Waals surface area (Å²) in [5.41, 5.74) is 0. The molecule has 0 radical (unpaired) electrons. The first-order chi connectivity index (χ1) is 4.34. The maximum Gasteiger partial charge on any atom is 0.204 e. The van der Waals surface area contributed by atoms with Crippen molar-refractivity contribution >= 4 is 26.4 Å². The molecule has 0 amide bonds. The summed E-state index contributed by atoms with van der Waals surface area (Å²) in [5.74, 6) is 0.934. The highest BCUT2D eigenvalue weighted by molar-refractivity contribution is 9.10. The van der Waals surface area contributed by atoms with Crippen LogP contribution in [-0.4, -0.2) is 10.5 Å². The van der Waals surface area contributed by atoms with Crippen molar-refractivity contribution in [1.82, 2.24) is 0 Å². The summed E-state index contributed by atoms with van der Waals surface area (Å²) >= 11 is 3.35. The first-order valence-corrected chi connectivity index (χ1v) is 4.24. The lowest BCUT2D eigenvalue weighted by molar-refractivity contribution is 0.612. The number of para-hydroxylation sites is 1. The van der Waals surface area contributed by atoms with E-state index in [1.807, 2.05) is 24.3 Å². The number of halogens is 1. The summed E-state index contributed by atoms with van der Waals surface area (Å²) in [6.45, 7) is 0. The Morgan fingerprint density at radius 1 is 1.33 bits per heavy atom. The smallest absolute Gasteiger partial charge is 0.204 e. The van der Waals surface area contributed by atoms with Gasteiger partial charge in [0.2, 0.25) is 10.5 Å². The number of hydrogen-bond donors (Lipinski definition) is 0. The van der Waals surface area contributed by atoms with Crippen molar-refractivity contribution in [2.24, 2.45) is 0 Å². The van der Waals surface area contributed by atoms with Gasteiger partial charge in [-0.05, 0) is 28.1 Å². The second-order valence-corrected chi connectivity index (χ2v) is 2.90. The molecule has 0 aliphatic heterocycles. The van der Waals surface area contributed by atoms with Gasteiger partial charge in [0.1, 0.15) is 5.75 Å². The van der Waals surface area contributed by atoms with E-state index < -0.39 is 0 Å². The molecule has 1 rings (SSSR count). The molecule has 1 nitrogen and oxygen atoms in total. The largest absolute Gasteiger partial charge is 0.552 e. The molecule has 9 heavy (non-hydrogen) atoms. The molecule has 0 aliphatic carbocycles. The third kappa shape index (κ3) is 1.56. The van der Waals surface area contributed by atoms with Gasteiger partial charge in [-0.2, -0.15) is 0 Å². The number of hydrogen-bond acceptors (Lipinski definition) is 1. The fraction of sp³-hybridized carbons (Fsp3) is 0. The van der Waals surface area contributed by atoms with E-state index in [-0.39, 0.29) is 0 Å². The third-order valence-corrected chi connectivity index (χ3v) is 2.15. The molecular weight excluding hydrogens is 196 g/mol. The van der Waals surface area contributed by atoms with Crippen LogP contribution in [0.5, 0.6) is 5.75 Å². The van der Waals surface area contributed by atoms with E-state index in [1.54, 1.807) is 0 Å². The Morgan fingerprint density at radius 3 is 2.44 bits per heavy atom. The van der Waals surface area contributed by atoms with Crippen molar-refractivity contribution in [2.75, 3.05) is 0 Å². The van der Waals surface area contributed by atoms with Crippen molar-refractivity contribution in [3.63, 3.8) is 0 Å². The van der Waals surface area contributed by atoms with E-state index in [9.17, 15) is 0 Å². The Bertz CT molecular complexity index is 202. The predicted molar refractivity (Wildman–Crippen MR) is 44.7 cm³/mol. The Kier molecular flexibility index (Phi) is 2.30. The first-order valence-electron chi connectivity index (χ1n) is 2.63. The summed E-state index contributed by atoms with van der Waals surface area (Å²) in [6.07, 6.45) is 0. The van der Waals surface area contributed by atoms with Crippen LogP contribution in [0.4, 0.5) is 0 Å². The average Bonchev–Trinajstić information content (AvgIpc) is 1.89. The van der Waals surface area contributed by atoms with Gasteiger partial charge >= 0.3 is 0 Å². The van der Waals surface area contributed by atoms with Crippen molar-refractivity contribution in [3.8, 4) is 5.75 Å². The van der Waals surface area contributed by atoms with Crippen LogP contribution in [0.3, 0.4) is 0 Å². The van der Waals surface area contributed by atoms with Crippen LogP contribution in [0.15, 0.2) is 28.7 Å². The Hall–Kier alpha value is -0.283. The van der Waals surface area contributed by atoms with Gasteiger partial charge in [0.25, 0.3) is 0 Å². The fourth-order valence-electron chi connectivity index (χ4n) is 0.610. The van der Waals surface area contributed by atoms with Crippen molar-refractivity contribution in [3.05, 3.63) is 28.7 Å². The Balaban J connectivity index is 3.01. The highest BCUT2D eigenvalue weighted by atomic mass is 79.9. The molecular formula is C6H7BrOSi. The molecule has 1 aromatic carbocycles. The third-order valence-electron chi connectivity index (χ3n) is 1.06. The molecule has 0 heterocycles. The second-order valence-electron chi connectivity index (χ2n) is 1.63. The Labute approximate surface area is 65.7 Å². The van der Waals surface area contributed by atoms with Gasteiger partial charge in [0.15, 0.2) is 0 Å². The van der Waals surface area contributed by atoms with E-state index in [0.717, 1.165) is 20.7 Å². The maximum absolute atomic E-state index is 5.14. The molecule has 0 fully saturated rings. The normalized spacial score (nSPS) is 9.44. The zero-order valence-electron chi connectivity index (χ0n) is 5.10. The van der Waals surface area contributed by atoms with Crippen molar-refractivity contribution in [2.45, 2.75) is 0 Å². The molecule has 0 aromatic heterocycles. The second kappa shape index (κ2) is 3.03. The quantitative estimate of drug-likeness (QED) is 0.621. The minimum Gasteiger partial charge on any atom is -0.552 e. The Morgan fingerprint density at radius 2 is 2.00 bits per heavy atom. The standard InChI is InChI=1S/C6H7BrOSi/c7-5-3-1-2-4-6(5)8-9/h1-4H,9H3. The molecule has 0 bridgehead atoms. The first kappa shape index (κ1) is 6.83. The van der Waals surface area contributed by atoms with Crippen LogP contribution < -0.4 is 4.43 Å². The van der Waals surface area contributed by atoms with E-state index in [1.165, 1.54) is 0 Å². The average molecular weight is 203 g/mol. The van der Waals surface area contributed by atoms with E-state index in [2.05, 4.69) is 15.9 Å². The van der Waals surface area contributed by atoms with Crippen LogP contribution in [0.25, 0.3) is 0 Å². The summed E-state index contributed by atoms with van der Waals surface area (Å²) in [5, 5.41) is 0.